The van der Waals surface area contributed by atoms with Crippen molar-refractivity contribution < 1.29 is 14.7 Å². The molecule has 8 heteroatoms. The molecule has 1 spiro atoms. The van der Waals surface area contributed by atoms with Gasteiger partial charge in [-0.2, -0.15) is 0 Å². The minimum Gasteiger partial charge on any atom is -0.480 e. The Morgan fingerprint density at radius 3 is 2.63 bits per heavy atom. The first kappa shape index (κ1) is 24.9. The highest BCUT2D eigenvalue weighted by atomic mass is 16.4. The second-order valence-corrected chi connectivity index (χ2v) is 11.2. The van der Waals surface area contributed by atoms with Gasteiger partial charge in [-0.3, -0.25) is 19.3 Å². The van der Waals surface area contributed by atoms with Crippen molar-refractivity contribution in [3.8, 4) is 5.69 Å². The van der Waals surface area contributed by atoms with Gasteiger partial charge in [-0.05, 0) is 69.1 Å². The molecule has 3 heterocycles. The number of pyridine rings is 1. The zero-order valence-corrected chi connectivity index (χ0v) is 22.0. The number of aliphatic imine (C=N–C) groups is 1. The molecule has 0 radical (unpaired) electrons. The van der Waals surface area contributed by atoms with Crippen LogP contribution in [0.25, 0.3) is 16.9 Å². The van der Waals surface area contributed by atoms with Crippen LogP contribution in [0.2, 0.25) is 0 Å². The number of nitrogens with zero attached hydrogens (tertiary/aromatic N) is 5. The molecule has 3 fully saturated rings. The number of imidazole rings is 1. The molecule has 3 aliphatic rings. The number of carboxylic acid groups (broad SMARTS) is 1. The minimum absolute atomic E-state index is 0.224. The number of fused-ring (bicyclic) bond motifs is 1. The van der Waals surface area contributed by atoms with E-state index in [2.05, 4.69) is 26.5 Å². The minimum atomic E-state index is -0.945. The largest absolute Gasteiger partial charge is 0.480 e. The fraction of sp³-hybridized carbons (Fsp3) is 0.500. The number of likely N-dealkylation sites (tertiary alicyclic amines) is 1. The first-order valence-corrected chi connectivity index (χ1v) is 13.9. The zero-order chi connectivity index (χ0) is 26.3. The van der Waals surface area contributed by atoms with Crippen LogP contribution in [0.1, 0.15) is 75.2 Å². The van der Waals surface area contributed by atoms with Crippen molar-refractivity contribution >= 4 is 28.6 Å². The zero-order valence-electron chi connectivity index (χ0n) is 22.0. The summed E-state index contributed by atoms with van der Waals surface area (Å²) >= 11 is 0. The second kappa shape index (κ2) is 10.1. The van der Waals surface area contributed by atoms with E-state index in [-0.39, 0.29) is 11.8 Å². The van der Waals surface area contributed by atoms with Crippen molar-refractivity contribution in [2.75, 3.05) is 13.6 Å². The number of carbonyl (C=O) groups is 2. The molecule has 6 rings (SSSR count). The van der Waals surface area contributed by atoms with Crippen LogP contribution in [0.15, 0.2) is 47.6 Å². The molecule has 2 aromatic heterocycles. The van der Waals surface area contributed by atoms with Gasteiger partial charge in [0.15, 0.2) is 11.7 Å². The molecule has 8 nitrogen and oxygen atoms in total. The van der Waals surface area contributed by atoms with Crippen molar-refractivity contribution in [1.82, 2.24) is 19.4 Å². The van der Waals surface area contributed by atoms with Gasteiger partial charge in [0.25, 0.3) is 0 Å². The molecule has 1 N–H and O–H groups in total. The van der Waals surface area contributed by atoms with Crippen molar-refractivity contribution in [3.05, 3.63) is 54.0 Å². The molecule has 1 aromatic carbocycles. The summed E-state index contributed by atoms with van der Waals surface area (Å²) in [4.78, 5) is 41.3. The number of hydrogen-bond acceptors (Lipinski definition) is 6. The van der Waals surface area contributed by atoms with Gasteiger partial charge in [0.2, 0.25) is 0 Å². The van der Waals surface area contributed by atoms with E-state index in [1.54, 1.807) is 6.20 Å². The third-order valence-corrected chi connectivity index (χ3v) is 8.85. The molecule has 2 aliphatic carbocycles. The van der Waals surface area contributed by atoms with Crippen LogP contribution in [0, 0.1) is 5.41 Å². The maximum absolute atomic E-state index is 12.5. The van der Waals surface area contributed by atoms with E-state index >= 15 is 0 Å². The predicted octanol–water partition coefficient (Wildman–Crippen LogP) is 4.94. The number of aromatic nitrogens is 3. The van der Waals surface area contributed by atoms with E-state index in [1.165, 1.54) is 12.8 Å². The number of ketones is 1. The molecule has 1 saturated heterocycles. The molecule has 3 aromatic rings. The average Bonchev–Trinajstić information content (AvgIpc) is 3.32. The Morgan fingerprint density at radius 1 is 1.13 bits per heavy atom. The quantitative estimate of drug-likeness (QED) is 0.501. The van der Waals surface area contributed by atoms with Gasteiger partial charge in [-0.15, -0.1) is 0 Å². The monoisotopic (exact) mass is 513 g/mol. The van der Waals surface area contributed by atoms with E-state index in [1.807, 2.05) is 36.4 Å². The number of carbonyl (C=O) groups excluding carboxylic acids is 1. The summed E-state index contributed by atoms with van der Waals surface area (Å²) in [6.07, 6.45) is 10.6. The molecular formula is C30H35N5O3. The number of rotatable bonds is 6. The summed E-state index contributed by atoms with van der Waals surface area (Å²) in [6, 6.07) is 11.3. The lowest BCUT2D eigenvalue weighted by atomic mass is 9.58. The number of piperidine rings is 1. The van der Waals surface area contributed by atoms with Gasteiger partial charge >= 0.3 is 5.97 Å². The Labute approximate surface area is 222 Å². The van der Waals surface area contributed by atoms with E-state index in [9.17, 15) is 14.7 Å². The lowest BCUT2D eigenvalue weighted by Crippen LogP contribution is -2.52. The fourth-order valence-electron chi connectivity index (χ4n) is 6.63. The highest BCUT2D eigenvalue weighted by Crippen LogP contribution is 2.47. The van der Waals surface area contributed by atoms with E-state index in [4.69, 9.17) is 4.98 Å². The van der Waals surface area contributed by atoms with Crippen molar-refractivity contribution in [2.24, 2.45) is 10.4 Å². The van der Waals surface area contributed by atoms with Crippen LogP contribution < -0.4 is 0 Å². The summed E-state index contributed by atoms with van der Waals surface area (Å²) < 4.78 is 2.15. The Balaban J connectivity index is 1.28. The second-order valence-electron chi connectivity index (χ2n) is 11.2. The van der Waals surface area contributed by atoms with E-state index in [0.29, 0.717) is 12.8 Å². The molecule has 198 valence electrons. The van der Waals surface area contributed by atoms with E-state index in [0.717, 1.165) is 79.0 Å². The number of benzene rings is 1. The van der Waals surface area contributed by atoms with Gasteiger partial charge in [0.05, 0.1) is 11.5 Å². The molecule has 2 atom stereocenters. The Bertz CT molecular complexity index is 1390. The third-order valence-electron chi connectivity index (χ3n) is 8.85. The van der Waals surface area contributed by atoms with Crippen molar-refractivity contribution in [3.63, 3.8) is 0 Å². The maximum Gasteiger partial charge on any atom is 0.328 e. The summed E-state index contributed by atoms with van der Waals surface area (Å²) in [5, 5.41) is 9.97. The standard InChI is InChI=1S/C30H35N5O3/c1-34-17-6-3-9-24(34)28-33-22-8-7-16-31-27(22)35(28)21-12-10-20(11-13-21)18-23(29(37)38)32-25-19-26(36)30(25)14-4-2-5-15-30/h7-8,10-13,16,23-24H,2-6,9,14-15,17-19H2,1H3,(H,37,38)/t23-,24-/m0/s1. The summed E-state index contributed by atoms with van der Waals surface area (Å²) in [5.41, 5.74) is 3.91. The van der Waals surface area contributed by atoms with Gasteiger partial charge in [0, 0.05) is 30.4 Å². The Hall–Kier alpha value is -3.39. The highest BCUT2D eigenvalue weighted by Gasteiger charge is 2.52. The lowest BCUT2D eigenvalue weighted by Gasteiger charge is -2.44. The predicted molar refractivity (Wildman–Crippen MR) is 146 cm³/mol. The van der Waals surface area contributed by atoms with Crippen LogP contribution in [0.3, 0.4) is 0 Å². The summed E-state index contributed by atoms with van der Waals surface area (Å²) in [5.74, 6) is 0.292. The Kier molecular flexibility index (Phi) is 6.60. The fourth-order valence-corrected chi connectivity index (χ4v) is 6.63. The summed E-state index contributed by atoms with van der Waals surface area (Å²) in [7, 11) is 2.16. The normalized spacial score (nSPS) is 23.6. The van der Waals surface area contributed by atoms with Gasteiger partial charge in [0.1, 0.15) is 17.1 Å². The van der Waals surface area contributed by atoms with Crippen LogP contribution in [-0.4, -0.2) is 61.6 Å². The smallest absolute Gasteiger partial charge is 0.328 e. The number of carboxylic acids is 1. The van der Waals surface area contributed by atoms with Crippen LogP contribution in [-0.2, 0) is 16.0 Å². The molecule has 0 bridgehead atoms. The molecule has 38 heavy (non-hydrogen) atoms. The maximum atomic E-state index is 12.5. The van der Waals surface area contributed by atoms with Crippen LogP contribution in [0.5, 0.6) is 0 Å². The molecule has 1 aliphatic heterocycles. The van der Waals surface area contributed by atoms with Gasteiger partial charge in [-0.25, -0.2) is 14.8 Å². The average molecular weight is 514 g/mol. The number of aliphatic carboxylic acids is 1. The van der Waals surface area contributed by atoms with Gasteiger partial charge in [-0.1, -0.05) is 37.8 Å². The topological polar surface area (TPSA) is 101 Å². The first-order chi connectivity index (χ1) is 18.5. The number of Topliss-reactive ketones (excluding diaryl/α,β-unsaturated/α-hetero) is 1. The molecule has 0 unspecified atom stereocenters. The molecule has 0 amide bonds. The molecule has 2 saturated carbocycles. The van der Waals surface area contributed by atoms with Crippen molar-refractivity contribution in [2.45, 2.75) is 76.3 Å². The lowest BCUT2D eigenvalue weighted by molar-refractivity contribution is -0.138. The SMILES string of the molecule is CN1CCCC[C@H]1c1nc2cccnc2n1-c1ccc(C[C@H](N=C2CC(=O)C23CCCCC3)C(=O)O)cc1. The van der Waals surface area contributed by atoms with Crippen LogP contribution >= 0.6 is 0 Å². The number of hydrogen-bond donors (Lipinski definition) is 1. The summed E-state index contributed by atoms with van der Waals surface area (Å²) in [6.45, 7) is 1.05. The van der Waals surface area contributed by atoms with Gasteiger partial charge < -0.3 is 5.11 Å². The first-order valence-electron chi connectivity index (χ1n) is 13.9. The van der Waals surface area contributed by atoms with Crippen molar-refractivity contribution in [1.29, 1.82) is 0 Å². The molecular weight excluding hydrogens is 478 g/mol. The highest BCUT2D eigenvalue weighted by molar-refractivity contribution is 6.27. The van der Waals surface area contributed by atoms with Crippen LogP contribution in [0.4, 0.5) is 0 Å². The Morgan fingerprint density at radius 2 is 1.92 bits per heavy atom. The van der Waals surface area contributed by atoms with E-state index < -0.39 is 17.4 Å². The third kappa shape index (κ3) is 4.34.